The maximum atomic E-state index is 15.3. The Bertz CT molecular complexity index is 1430. The number of nitrogens with one attached hydrogen (secondary N) is 1. The summed E-state index contributed by atoms with van der Waals surface area (Å²) >= 11 is 1.34. The maximum Gasteiger partial charge on any atom is 0.282 e. The molecule has 2 aromatic heterocycles. The van der Waals surface area contributed by atoms with Crippen LogP contribution in [0.3, 0.4) is 0 Å². The Balaban J connectivity index is 1.08. The van der Waals surface area contributed by atoms with Crippen LogP contribution in [0.2, 0.25) is 0 Å². The number of benzene rings is 2. The van der Waals surface area contributed by atoms with Crippen molar-refractivity contribution in [3.8, 4) is 5.69 Å². The molecule has 0 spiro atoms. The van der Waals surface area contributed by atoms with Crippen molar-refractivity contribution < 1.29 is 18.4 Å². The molecule has 2 amide bonds. The number of thiazole rings is 1. The van der Waals surface area contributed by atoms with Crippen LogP contribution in [0.25, 0.3) is 16.6 Å². The molecule has 4 aromatic rings. The average Bonchev–Trinajstić information content (AvgIpc) is 3.62. The first-order chi connectivity index (χ1) is 17.5. The van der Waals surface area contributed by atoms with Crippen molar-refractivity contribution in [1.29, 1.82) is 0 Å². The third kappa shape index (κ3) is 4.06. The van der Waals surface area contributed by atoms with Gasteiger partial charge in [-0.3, -0.25) is 9.59 Å². The molecular weight excluding hydrogens is 484 g/mol. The molecule has 36 heavy (non-hydrogen) atoms. The van der Waals surface area contributed by atoms with E-state index < -0.39 is 5.82 Å². The van der Waals surface area contributed by atoms with E-state index in [1.165, 1.54) is 29.5 Å². The van der Waals surface area contributed by atoms with E-state index >= 15 is 4.39 Å². The van der Waals surface area contributed by atoms with Gasteiger partial charge in [0.2, 0.25) is 0 Å². The number of hydrogen-bond acceptors (Lipinski definition) is 5. The number of likely N-dealkylation sites (tertiary alicyclic amines) is 2. The minimum absolute atomic E-state index is 0.0406. The van der Waals surface area contributed by atoms with Gasteiger partial charge in [-0.05, 0) is 48.9 Å². The number of carbonyl (C=O) groups is 2. The molecule has 184 valence electrons. The Morgan fingerprint density at radius 1 is 0.944 bits per heavy atom. The summed E-state index contributed by atoms with van der Waals surface area (Å²) in [5.41, 5.74) is 1.36. The van der Waals surface area contributed by atoms with Gasteiger partial charge in [0.1, 0.15) is 11.6 Å². The quantitative estimate of drug-likeness (QED) is 0.447. The number of halogens is 2. The predicted molar refractivity (Wildman–Crippen MR) is 132 cm³/mol. The highest BCUT2D eigenvalue weighted by Crippen LogP contribution is 2.27. The molecule has 1 N–H and O–H groups in total. The molecule has 2 saturated heterocycles. The first kappa shape index (κ1) is 22.8. The minimum Gasteiger partial charge on any atom is -0.335 e. The lowest BCUT2D eigenvalue weighted by atomic mass is 10.0. The van der Waals surface area contributed by atoms with Crippen molar-refractivity contribution in [2.24, 2.45) is 0 Å². The number of nitrogens with zero attached hydrogens (tertiary/aromatic N) is 4. The molecule has 2 aliphatic rings. The summed E-state index contributed by atoms with van der Waals surface area (Å²) in [5.74, 6) is -1.28. The van der Waals surface area contributed by atoms with Crippen molar-refractivity contribution in [2.45, 2.75) is 18.5 Å². The summed E-state index contributed by atoms with van der Waals surface area (Å²) in [6.07, 6.45) is 4.19. The number of fused-ring (bicyclic) bond motifs is 1. The van der Waals surface area contributed by atoms with Crippen LogP contribution in [0.5, 0.6) is 0 Å². The van der Waals surface area contributed by atoms with E-state index in [0.29, 0.717) is 47.8 Å². The number of carbonyl (C=O) groups excluding carboxylic acids is 2. The van der Waals surface area contributed by atoms with E-state index in [-0.39, 0.29) is 35.3 Å². The number of hydrogen-bond donors (Lipinski definition) is 1. The van der Waals surface area contributed by atoms with Gasteiger partial charge in [-0.1, -0.05) is 0 Å². The van der Waals surface area contributed by atoms with Gasteiger partial charge >= 0.3 is 0 Å². The molecule has 2 fully saturated rings. The SMILES string of the molecule is O=C(c1nccs1)N1CCC(NC2CN(C(=O)c3ccc4c(ccn4-c4ccc(F)cc4)c3F)C2)C1. The lowest BCUT2D eigenvalue weighted by Crippen LogP contribution is -2.62. The lowest BCUT2D eigenvalue weighted by Gasteiger charge is -2.41. The van der Waals surface area contributed by atoms with Crippen LogP contribution in [0.1, 0.15) is 26.6 Å². The summed E-state index contributed by atoms with van der Waals surface area (Å²) < 4.78 is 30.4. The lowest BCUT2D eigenvalue weighted by molar-refractivity contribution is 0.0548. The molecule has 2 aromatic carbocycles. The molecule has 0 radical (unpaired) electrons. The van der Waals surface area contributed by atoms with Gasteiger partial charge < -0.3 is 19.7 Å². The normalized spacial score (nSPS) is 18.1. The highest BCUT2D eigenvalue weighted by molar-refractivity contribution is 7.11. The zero-order valence-electron chi connectivity index (χ0n) is 19.2. The zero-order valence-corrected chi connectivity index (χ0v) is 20.0. The first-order valence-corrected chi connectivity index (χ1v) is 12.7. The maximum absolute atomic E-state index is 15.3. The van der Waals surface area contributed by atoms with Gasteiger partial charge in [-0.25, -0.2) is 13.8 Å². The van der Waals surface area contributed by atoms with E-state index in [1.54, 1.807) is 56.4 Å². The molecule has 7 nitrogen and oxygen atoms in total. The Kier molecular flexibility index (Phi) is 5.77. The monoisotopic (exact) mass is 507 g/mol. The molecule has 0 aliphatic carbocycles. The minimum atomic E-state index is -0.554. The Morgan fingerprint density at radius 2 is 1.72 bits per heavy atom. The molecule has 0 saturated carbocycles. The van der Waals surface area contributed by atoms with Gasteiger partial charge in [-0.15, -0.1) is 11.3 Å². The topological polar surface area (TPSA) is 70.5 Å². The average molecular weight is 508 g/mol. The molecule has 6 rings (SSSR count). The summed E-state index contributed by atoms with van der Waals surface area (Å²) in [7, 11) is 0. The fourth-order valence-electron chi connectivity index (χ4n) is 4.97. The molecule has 0 bridgehead atoms. The van der Waals surface area contributed by atoms with Crippen LogP contribution >= 0.6 is 11.3 Å². The summed E-state index contributed by atoms with van der Waals surface area (Å²) in [6, 6.07) is 11.1. The highest BCUT2D eigenvalue weighted by Gasteiger charge is 2.36. The summed E-state index contributed by atoms with van der Waals surface area (Å²) in [6.45, 7) is 2.26. The fourth-order valence-corrected chi connectivity index (χ4v) is 5.57. The van der Waals surface area contributed by atoms with E-state index in [0.717, 1.165) is 6.42 Å². The van der Waals surface area contributed by atoms with Gasteiger partial charge in [0, 0.05) is 67.1 Å². The van der Waals surface area contributed by atoms with Crippen LogP contribution < -0.4 is 5.32 Å². The van der Waals surface area contributed by atoms with Crippen LogP contribution in [0.4, 0.5) is 8.78 Å². The summed E-state index contributed by atoms with van der Waals surface area (Å²) in [4.78, 5) is 33.0. The second kappa shape index (κ2) is 9.11. The second-order valence-electron chi connectivity index (χ2n) is 9.17. The molecule has 4 heterocycles. The highest BCUT2D eigenvalue weighted by atomic mass is 32.1. The zero-order chi connectivity index (χ0) is 24.8. The van der Waals surface area contributed by atoms with Crippen molar-refractivity contribution in [1.82, 2.24) is 24.7 Å². The Morgan fingerprint density at radius 3 is 2.47 bits per heavy atom. The van der Waals surface area contributed by atoms with Crippen LogP contribution in [0, 0.1) is 11.6 Å². The van der Waals surface area contributed by atoms with Gasteiger partial charge in [0.15, 0.2) is 5.01 Å². The van der Waals surface area contributed by atoms with E-state index in [2.05, 4.69) is 10.3 Å². The Hall–Kier alpha value is -3.63. The smallest absolute Gasteiger partial charge is 0.282 e. The predicted octanol–water partition coefficient (Wildman–Crippen LogP) is 3.69. The number of rotatable bonds is 5. The van der Waals surface area contributed by atoms with Crippen LogP contribution in [-0.4, -0.2) is 69.4 Å². The third-order valence-electron chi connectivity index (χ3n) is 6.87. The molecule has 1 atom stereocenters. The van der Waals surface area contributed by atoms with E-state index in [1.807, 2.05) is 0 Å². The van der Waals surface area contributed by atoms with Crippen LogP contribution in [0.15, 0.2) is 60.2 Å². The first-order valence-electron chi connectivity index (χ1n) is 11.8. The van der Waals surface area contributed by atoms with Crippen molar-refractivity contribution in [2.75, 3.05) is 26.2 Å². The third-order valence-corrected chi connectivity index (χ3v) is 7.63. The van der Waals surface area contributed by atoms with Crippen molar-refractivity contribution in [3.05, 3.63) is 82.4 Å². The summed E-state index contributed by atoms with van der Waals surface area (Å²) in [5, 5.41) is 6.16. The van der Waals surface area contributed by atoms with Crippen molar-refractivity contribution >= 4 is 34.1 Å². The number of aromatic nitrogens is 2. The molecule has 10 heteroatoms. The Labute approximate surface area is 210 Å². The van der Waals surface area contributed by atoms with Gasteiger partial charge in [0.05, 0.1) is 11.1 Å². The largest absolute Gasteiger partial charge is 0.335 e. The van der Waals surface area contributed by atoms with Gasteiger partial charge in [0.25, 0.3) is 11.8 Å². The van der Waals surface area contributed by atoms with Crippen LogP contribution in [-0.2, 0) is 0 Å². The standard InChI is InChI=1S/C26H23F2N5O2S/c27-16-1-3-19(4-2-16)33-11-8-20-22(33)6-5-21(23(20)28)25(34)32-14-18(15-32)30-17-7-10-31(13-17)26(35)24-29-9-12-36-24/h1-6,8-9,11-12,17-18,30H,7,10,13-15H2. The second-order valence-corrected chi connectivity index (χ2v) is 10.1. The van der Waals surface area contributed by atoms with Crippen molar-refractivity contribution in [3.63, 3.8) is 0 Å². The van der Waals surface area contributed by atoms with E-state index in [4.69, 9.17) is 0 Å². The molecule has 1 unspecified atom stereocenters. The fraction of sp³-hybridized carbons (Fsp3) is 0.269. The van der Waals surface area contributed by atoms with E-state index in [9.17, 15) is 14.0 Å². The number of amides is 2. The molecule has 2 aliphatic heterocycles. The molecular formula is C26H23F2N5O2S. The van der Waals surface area contributed by atoms with Gasteiger partial charge in [-0.2, -0.15) is 0 Å².